The summed E-state index contributed by atoms with van der Waals surface area (Å²) in [6, 6.07) is -0.630. The molecule has 6 heteroatoms. The number of esters is 1. The smallest absolute Gasteiger partial charge is 0.305 e. The predicted octanol–water partition coefficient (Wildman–Crippen LogP) is 23.5. The average molecular weight is 1120 g/mol. The van der Waals surface area contributed by atoms with Crippen molar-refractivity contribution in [2.45, 2.75) is 411 Å². The number of unbranched alkanes of at least 4 members (excludes halogenated alkanes) is 53. The lowest BCUT2D eigenvalue weighted by Gasteiger charge is -2.20. The fourth-order valence-corrected chi connectivity index (χ4v) is 11.4. The summed E-state index contributed by atoms with van der Waals surface area (Å²) in [5.74, 6) is -0.0641. The number of amides is 1. The summed E-state index contributed by atoms with van der Waals surface area (Å²) in [4.78, 5) is 24.6. The van der Waals surface area contributed by atoms with Gasteiger partial charge in [-0.1, -0.05) is 359 Å². The van der Waals surface area contributed by atoms with Crippen molar-refractivity contribution in [1.29, 1.82) is 0 Å². The summed E-state index contributed by atoms with van der Waals surface area (Å²) >= 11 is 0. The molecule has 0 heterocycles. The molecule has 0 aromatic heterocycles. The monoisotopic (exact) mass is 1120 g/mol. The first-order valence-corrected chi connectivity index (χ1v) is 36.3. The molecule has 6 nitrogen and oxygen atoms in total. The summed E-state index contributed by atoms with van der Waals surface area (Å²) in [5, 5.41) is 23.3. The number of ether oxygens (including phenoxy) is 1. The van der Waals surface area contributed by atoms with Crippen LogP contribution in [0.5, 0.6) is 0 Å². The van der Waals surface area contributed by atoms with Crippen molar-refractivity contribution in [2.24, 2.45) is 0 Å². The van der Waals surface area contributed by atoms with Gasteiger partial charge in [0.15, 0.2) is 0 Å². The summed E-state index contributed by atoms with van der Waals surface area (Å²) in [5.41, 5.74) is 0. The number of hydrogen-bond donors (Lipinski definition) is 3. The SMILES string of the molecule is CCCCCC/C=C\C/C=C\CCCCCCCC(=O)OCCCCCCCCCCCCCCCCCCCCCCCCC(=O)NC(CO)C(O)/C=C/CCCCCCCCCCCCCCCCCCCCCCCCC. The van der Waals surface area contributed by atoms with Crippen molar-refractivity contribution in [3.63, 3.8) is 0 Å². The van der Waals surface area contributed by atoms with Gasteiger partial charge in [-0.05, 0) is 64.2 Å². The van der Waals surface area contributed by atoms with E-state index in [2.05, 4.69) is 43.5 Å². The highest BCUT2D eigenvalue weighted by molar-refractivity contribution is 5.76. The molecule has 0 saturated heterocycles. The molecule has 2 unspecified atom stereocenters. The Kier molecular flexibility index (Phi) is 67.9. The third-order valence-corrected chi connectivity index (χ3v) is 16.9. The highest BCUT2D eigenvalue weighted by atomic mass is 16.5. The van der Waals surface area contributed by atoms with E-state index in [9.17, 15) is 19.8 Å². The first-order chi connectivity index (χ1) is 39.5. The van der Waals surface area contributed by atoms with Crippen molar-refractivity contribution in [2.75, 3.05) is 13.2 Å². The normalized spacial score (nSPS) is 12.7. The fourth-order valence-electron chi connectivity index (χ4n) is 11.4. The topological polar surface area (TPSA) is 95.9 Å². The minimum Gasteiger partial charge on any atom is -0.466 e. The lowest BCUT2D eigenvalue weighted by atomic mass is 10.0. The number of carbonyl (C=O) groups excluding carboxylic acids is 2. The highest BCUT2D eigenvalue weighted by Crippen LogP contribution is 2.19. The lowest BCUT2D eigenvalue weighted by molar-refractivity contribution is -0.143. The third-order valence-electron chi connectivity index (χ3n) is 16.9. The quantitative estimate of drug-likeness (QED) is 0.0320. The first-order valence-electron chi connectivity index (χ1n) is 36.3. The molecule has 0 fully saturated rings. The Morgan fingerprint density at radius 3 is 0.963 bits per heavy atom. The minimum atomic E-state index is -0.847. The molecule has 0 saturated carbocycles. The minimum absolute atomic E-state index is 0.0000401. The maximum atomic E-state index is 12.5. The van der Waals surface area contributed by atoms with E-state index in [1.165, 1.54) is 321 Å². The molecule has 0 aromatic carbocycles. The number of rotatable bonds is 68. The van der Waals surface area contributed by atoms with Gasteiger partial charge in [0, 0.05) is 12.8 Å². The Labute approximate surface area is 500 Å². The van der Waals surface area contributed by atoms with Gasteiger partial charge >= 0.3 is 5.97 Å². The van der Waals surface area contributed by atoms with E-state index in [1.807, 2.05) is 6.08 Å². The van der Waals surface area contributed by atoms with Gasteiger partial charge in [0.2, 0.25) is 5.91 Å². The molecule has 1 amide bonds. The fraction of sp³-hybridized carbons (Fsp3) is 0.892. The van der Waals surface area contributed by atoms with Gasteiger partial charge in [-0.3, -0.25) is 9.59 Å². The molecule has 0 spiro atoms. The van der Waals surface area contributed by atoms with E-state index >= 15 is 0 Å². The second-order valence-corrected chi connectivity index (χ2v) is 24.9. The summed E-state index contributed by atoms with van der Waals surface area (Å²) in [7, 11) is 0. The largest absolute Gasteiger partial charge is 0.466 e. The summed E-state index contributed by atoms with van der Waals surface area (Å²) in [6.07, 6.45) is 89.4. The zero-order valence-corrected chi connectivity index (χ0v) is 54.1. The van der Waals surface area contributed by atoms with Crippen LogP contribution in [0.3, 0.4) is 0 Å². The van der Waals surface area contributed by atoms with Crippen LogP contribution in [-0.2, 0) is 14.3 Å². The van der Waals surface area contributed by atoms with Crippen LogP contribution in [0.25, 0.3) is 0 Å². The number of aliphatic hydroxyl groups excluding tert-OH is 2. The molecular weight excluding hydrogens is 983 g/mol. The Hall–Kier alpha value is -1.92. The molecule has 80 heavy (non-hydrogen) atoms. The van der Waals surface area contributed by atoms with Gasteiger partial charge in [-0.15, -0.1) is 0 Å². The van der Waals surface area contributed by atoms with Crippen molar-refractivity contribution >= 4 is 11.9 Å². The van der Waals surface area contributed by atoms with Crippen molar-refractivity contribution in [3.8, 4) is 0 Å². The predicted molar refractivity (Wildman–Crippen MR) is 352 cm³/mol. The van der Waals surface area contributed by atoms with E-state index in [0.29, 0.717) is 19.4 Å². The van der Waals surface area contributed by atoms with Gasteiger partial charge in [0.1, 0.15) is 0 Å². The Balaban J connectivity index is 3.41. The Morgan fingerprint density at radius 1 is 0.350 bits per heavy atom. The molecule has 0 aliphatic rings. The number of nitrogens with one attached hydrogen (secondary N) is 1. The average Bonchev–Trinajstić information content (AvgIpc) is 3.46. The molecule has 0 rings (SSSR count). The molecule has 0 aromatic rings. The second-order valence-electron chi connectivity index (χ2n) is 24.9. The number of carbonyl (C=O) groups is 2. The van der Waals surface area contributed by atoms with Gasteiger partial charge in [-0.25, -0.2) is 0 Å². The highest BCUT2D eigenvalue weighted by Gasteiger charge is 2.18. The molecule has 2 atom stereocenters. The van der Waals surface area contributed by atoms with Gasteiger partial charge in [0.25, 0.3) is 0 Å². The van der Waals surface area contributed by atoms with Crippen molar-refractivity contribution in [1.82, 2.24) is 5.32 Å². The van der Waals surface area contributed by atoms with Gasteiger partial charge in [0.05, 0.1) is 25.4 Å². The lowest BCUT2D eigenvalue weighted by Crippen LogP contribution is -2.45. The van der Waals surface area contributed by atoms with Crippen LogP contribution in [0.2, 0.25) is 0 Å². The third kappa shape index (κ3) is 65.2. The van der Waals surface area contributed by atoms with Crippen LogP contribution in [0, 0.1) is 0 Å². The molecule has 0 radical (unpaired) electrons. The second kappa shape index (κ2) is 69.6. The maximum Gasteiger partial charge on any atom is 0.305 e. The maximum absolute atomic E-state index is 12.5. The van der Waals surface area contributed by atoms with Crippen LogP contribution in [0.4, 0.5) is 0 Å². The number of hydrogen-bond acceptors (Lipinski definition) is 5. The zero-order chi connectivity index (χ0) is 57.8. The van der Waals surface area contributed by atoms with Gasteiger partial charge < -0.3 is 20.3 Å². The van der Waals surface area contributed by atoms with Crippen LogP contribution in [-0.4, -0.2) is 47.4 Å². The van der Waals surface area contributed by atoms with Crippen LogP contribution >= 0.6 is 0 Å². The number of allylic oxidation sites excluding steroid dienone is 5. The molecule has 0 aliphatic carbocycles. The van der Waals surface area contributed by atoms with E-state index in [4.69, 9.17) is 4.74 Å². The molecule has 0 bridgehead atoms. The van der Waals surface area contributed by atoms with Crippen molar-refractivity contribution < 1.29 is 24.5 Å². The number of aliphatic hydroxyl groups is 2. The van der Waals surface area contributed by atoms with E-state index in [0.717, 1.165) is 51.4 Å². The van der Waals surface area contributed by atoms with Gasteiger partial charge in [-0.2, -0.15) is 0 Å². The summed E-state index contributed by atoms with van der Waals surface area (Å²) in [6.45, 7) is 4.92. The zero-order valence-electron chi connectivity index (χ0n) is 54.1. The van der Waals surface area contributed by atoms with E-state index in [1.54, 1.807) is 6.08 Å². The van der Waals surface area contributed by atoms with Crippen LogP contribution in [0.15, 0.2) is 36.5 Å². The van der Waals surface area contributed by atoms with Crippen molar-refractivity contribution in [3.05, 3.63) is 36.5 Å². The van der Waals surface area contributed by atoms with E-state index in [-0.39, 0.29) is 18.5 Å². The molecular formula is C74H141NO5. The Bertz CT molecular complexity index is 1300. The Morgan fingerprint density at radius 2 is 0.625 bits per heavy atom. The first kappa shape index (κ1) is 78.1. The molecule has 0 aliphatic heterocycles. The molecule has 472 valence electrons. The van der Waals surface area contributed by atoms with Crippen LogP contribution < -0.4 is 5.32 Å². The van der Waals surface area contributed by atoms with E-state index < -0.39 is 12.1 Å². The van der Waals surface area contributed by atoms with Crippen LogP contribution in [0.1, 0.15) is 399 Å². The standard InChI is InChI=1S/C74H141NO5/c1-3-5-7-9-11-13-15-17-19-21-22-23-24-25-26-29-32-35-38-42-46-50-54-58-62-66-72(77)71(70-76)75-73(78)67-63-59-55-51-47-43-39-36-33-30-27-28-31-34-37-41-45-49-53-57-61-65-69-80-74(79)68-64-60-56-52-48-44-40-20-18-16-14-12-10-8-6-4-2/h14,16,20,40,62,66,71-72,76-77H,3-13,15,17-19,21-39,41-61,63-65,67-70H2,1-2H3,(H,75,78)/b16-14-,40-20-,66-62+. The summed E-state index contributed by atoms with van der Waals surface area (Å²) < 4.78 is 5.49. The molecule has 3 N–H and O–H groups in total.